The highest BCUT2D eigenvalue weighted by atomic mass is 16.5. The van der Waals surface area contributed by atoms with E-state index in [2.05, 4.69) is 12.3 Å². The van der Waals surface area contributed by atoms with Crippen molar-refractivity contribution in [2.24, 2.45) is 0 Å². The maximum atomic E-state index is 12.0. The third-order valence-electron chi connectivity index (χ3n) is 3.81. The number of unbranched alkanes of at least 4 members (excludes halogenated alkanes) is 8. The zero-order valence-electron chi connectivity index (χ0n) is 14.0. The van der Waals surface area contributed by atoms with Crippen LogP contribution < -0.4 is 5.43 Å². The normalized spacial score (nSPS) is 16.5. The fourth-order valence-electron chi connectivity index (χ4n) is 2.48. The van der Waals surface area contributed by atoms with Gasteiger partial charge in [0.1, 0.15) is 11.8 Å². The predicted molar refractivity (Wildman–Crippen MR) is 86.8 cm³/mol. The standard InChI is InChI=1S/C17H30N2O3/c1-3-5-6-7-8-9-10-11-12-13-19-17(21)15(14-22-4-2)16(20)18-19/h14H,3-13H2,1-2H3,(H,18,20)/b15-14-. The molecule has 0 aliphatic carbocycles. The number of hydrogen-bond donors (Lipinski definition) is 1. The fourth-order valence-corrected chi connectivity index (χ4v) is 2.48. The molecule has 1 fully saturated rings. The lowest BCUT2D eigenvalue weighted by Crippen LogP contribution is -2.36. The lowest BCUT2D eigenvalue weighted by molar-refractivity contribution is -0.128. The van der Waals surface area contributed by atoms with Crippen LogP contribution in [0.25, 0.3) is 0 Å². The number of ether oxygens (including phenoxy) is 1. The molecular weight excluding hydrogens is 280 g/mol. The van der Waals surface area contributed by atoms with E-state index in [1.165, 1.54) is 56.2 Å². The number of rotatable bonds is 12. The second-order valence-electron chi connectivity index (χ2n) is 5.71. The van der Waals surface area contributed by atoms with E-state index < -0.39 is 0 Å². The fraction of sp³-hybridized carbons (Fsp3) is 0.765. The SMILES string of the molecule is CCCCCCCCCCCN1NC(=O)/C(=C/OCC)C1=O. The molecule has 1 aliphatic heterocycles. The van der Waals surface area contributed by atoms with Crippen LogP contribution in [-0.2, 0) is 14.3 Å². The van der Waals surface area contributed by atoms with Gasteiger partial charge in [-0.2, -0.15) is 0 Å². The van der Waals surface area contributed by atoms with E-state index in [-0.39, 0.29) is 17.4 Å². The number of nitrogens with zero attached hydrogens (tertiary/aromatic N) is 1. The molecular formula is C17H30N2O3. The average molecular weight is 310 g/mol. The summed E-state index contributed by atoms with van der Waals surface area (Å²) in [7, 11) is 0. The van der Waals surface area contributed by atoms with E-state index in [0.29, 0.717) is 13.2 Å². The van der Waals surface area contributed by atoms with Gasteiger partial charge in [0.2, 0.25) is 0 Å². The van der Waals surface area contributed by atoms with Gasteiger partial charge in [-0.1, -0.05) is 58.3 Å². The molecule has 1 saturated heterocycles. The lowest BCUT2D eigenvalue weighted by atomic mass is 10.1. The van der Waals surface area contributed by atoms with Gasteiger partial charge in [-0.15, -0.1) is 0 Å². The molecule has 1 heterocycles. The van der Waals surface area contributed by atoms with Crippen LogP contribution >= 0.6 is 0 Å². The first-order valence-corrected chi connectivity index (χ1v) is 8.65. The monoisotopic (exact) mass is 310 g/mol. The number of hydrazine groups is 1. The maximum Gasteiger partial charge on any atom is 0.281 e. The summed E-state index contributed by atoms with van der Waals surface area (Å²) in [6.45, 7) is 5.06. The topological polar surface area (TPSA) is 58.6 Å². The van der Waals surface area contributed by atoms with Crippen molar-refractivity contribution < 1.29 is 14.3 Å². The van der Waals surface area contributed by atoms with Crippen LogP contribution in [-0.4, -0.2) is 30.0 Å². The van der Waals surface area contributed by atoms with Gasteiger partial charge in [-0.25, -0.2) is 5.01 Å². The highest BCUT2D eigenvalue weighted by Gasteiger charge is 2.33. The van der Waals surface area contributed by atoms with Crippen molar-refractivity contribution in [2.75, 3.05) is 13.2 Å². The average Bonchev–Trinajstić information content (AvgIpc) is 2.78. The van der Waals surface area contributed by atoms with E-state index in [9.17, 15) is 9.59 Å². The summed E-state index contributed by atoms with van der Waals surface area (Å²) in [6.07, 6.45) is 12.3. The molecule has 0 aromatic rings. The number of hydrogen-bond acceptors (Lipinski definition) is 3. The molecule has 5 nitrogen and oxygen atoms in total. The van der Waals surface area contributed by atoms with E-state index >= 15 is 0 Å². The Morgan fingerprint density at radius 1 is 0.955 bits per heavy atom. The van der Waals surface area contributed by atoms with E-state index in [1.807, 2.05) is 6.92 Å². The summed E-state index contributed by atoms with van der Waals surface area (Å²) in [6, 6.07) is 0. The van der Waals surface area contributed by atoms with Crippen molar-refractivity contribution >= 4 is 11.8 Å². The molecule has 22 heavy (non-hydrogen) atoms. The van der Waals surface area contributed by atoms with Crippen LogP contribution in [0.5, 0.6) is 0 Å². The van der Waals surface area contributed by atoms with E-state index in [4.69, 9.17) is 4.74 Å². The van der Waals surface area contributed by atoms with E-state index in [0.717, 1.165) is 12.8 Å². The molecule has 0 unspecified atom stereocenters. The number of carbonyl (C=O) groups excluding carboxylic acids is 2. The van der Waals surface area contributed by atoms with Gasteiger partial charge in [0.15, 0.2) is 0 Å². The van der Waals surface area contributed by atoms with Gasteiger partial charge in [-0.3, -0.25) is 15.0 Å². The maximum absolute atomic E-state index is 12.0. The van der Waals surface area contributed by atoms with Gasteiger partial charge < -0.3 is 4.74 Å². The Morgan fingerprint density at radius 2 is 1.55 bits per heavy atom. The van der Waals surface area contributed by atoms with E-state index in [1.54, 1.807) is 0 Å². The number of nitrogens with one attached hydrogen (secondary N) is 1. The minimum atomic E-state index is -0.366. The van der Waals surface area contributed by atoms with Gasteiger partial charge in [0, 0.05) is 6.54 Å². The Kier molecular flexibility index (Phi) is 9.35. The summed E-state index contributed by atoms with van der Waals surface area (Å²) < 4.78 is 5.03. The Labute approximate surface area is 134 Å². The molecule has 126 valence electrons. The van der Waals surface area contributed by atoms with Crippen molar-refractivity contribution in [3.05, 3.63) is 11.8 Å². The second-order valence-corrected chi connectivity index (χ2v) is 5.71. The summed E-state index contributed by atoms with van der Waals surface area (Å²) in [5.74, 6) is -0.646. The van der Waals surface area contributed by atoms with Crippen molar-refractivity contribution in [3.8, 4) is 0 Å². The molecule has 5 heteroatoms. The lowest BCUT2D eigenvalue weighted by Gasteiger charge is -2.14. The molecule has 0 atom stereocenters. The van der Waals surface area contributed by atoms with Gasteiger partial charge in [0.05, 0.1) is 6.61 Å². The van der Waals surface area contributed by atoms with Crippen molar-refractivity contribution in [2.45, 2.75) is 71.6 Å². The Bertz CT molecular complexity index is 380. The zero-order valence-corrected chi connectivity index (χ0v) is 14.0. The number of carbonyl (C=O) groups is 2. The first-order valence-electron chi connectivity index (χ1n) is 8.65. The summed E-state index contributed by atoms with van der Waals surface area (Å²) >= 11 is 0. The molecule has 0 radical (unpaired) electrons. The third-order valence-corrected chi connectivity index (χ3v) is 3.81. The summed E-state index contributed by atoms with van der Waals surface area (Å²) in [4.78, 5) is 23.6. The second kappa shape index (κ2) is 11.1. The minimum absolute atomic E-state index is 0.0952. The van der Waals surface area contributed by atoms with Gasteiger partial charge in [-0.05, 0) is 13.3 Å². The van der Waals surface area contributed by atoms with Crippen LogP contribution in [0.2, 0.25) is 0 Å². The quantitative estimate of drug-likeness (QED) is 0.260. The van der Waals surface area contributed by atoms with Crippen molar-refractivity contribution in [1.82, 2.24) is 10.4 Å². The molecule has 0 spiro atoms. The molecule has 1 rings (SSSR count). The highest BCUT2D eigenvalue weighted by molar-refractivity contribution is 6.22. The highest BCUT2D eigenvalue weighted by Crippen LogP contribution is 2.13. The van der Waals surface area contributed by atoms with Crippen molar-refractivity contribution in [1.29, 1.82) is 0 Å². The van der Waals surface area contributed by atoms with Crippen LogP contribution in [0.1, 0.15) is 71.6 Å². The van der Waals surface area contributed by atoms with Gasteiger partial charge in [0.25, 0.3) is 11.8 Å². The summed E-state index contributed by atoms with van der Waals surface area (Å²) in [5.41, 5.74) is 2.68. The largest absolute Gasteiger partial charge is 0.500 e. The molecule has 2 amide bonds. The molecule has 0 saturated carbocycles. The molecule has 0 aromatic heterocycles. The zero-order chi connectivity index (χ0) is 16.2. The van der Waals surface area contributed by atoms with Crippen LogP contribution in [0.4, 0.5) is 0 Å². The molecule has 1 aliphatic rings. The van der Waals surface area contributed by atoms with Gasteiger partial charge >= 0.3 is 0 Å². The van der Waals surface area contributed by atoms with Crippen LogP contribution in [0.3, 0.4) is 0 Å². The van der Waals surface area contributed by atoms with Crippen LogP contribution in [0, 0.1) is 0 Å². The van der Waals surface area contributed by atoms with Crippen molar-refractivity contribution in [3.63, 3.8) is 0 Å². The predicted octanol–water partition coefficient (Wildman–Crippen LogP) is 3.31. The molecule has 0 aromatic carbocycles. The first-order chi connectivity index (χ1) is 10.7. The first kappa shape index (κ1) is 18.5. The Hall–Kier alpha value is -1.52. The minimum Gasteiger partial charge on any atom is -0.500 e. The van der Waals surface area contributed by atoms with Crippen LogP contribution in [0.15, 0.2) is 11.8 Å². The Morgan fingerprint density at radius 3 is 2.14 bits per heavy atom. The Balaban J connectivity index is 2.11. The number of amides is 2. The third kappa shape index (κ3) is 6.50. The molecule has 0 bridgehead atoms. The molecule has 1 N–H and O–H groups in total. The smallest absolute Gasteiger partial charge is 0.281 e. The summed E-state index contributed by atoms with van der Waals surface area (Å²) in [5, 5.41) is 1.40.